The lowest BCUT2D eigenvalue weighted by molar-refractivity contribution is 0.218. The Morgan fingerprint density at radius 1 is 1.29 bits per heavy atom. The highest BCUT2D eigenvalue weighted by atomic mass is 31.2. The predicted molar refractivity (Wildman–Crippen MR) is 86.7 cm³/mol. The van der Waals surface area contributed by atoms with Gasteiger partial charge in [-0.15, -0.1) is 0 Å². The van der Waals surface area contributed by atoms with Gasteiger partial charge >= 0.3 is 7.60 Å². The Kier molecular flexibility index (Phi) is 5.57. The zero-order valence-corrected chi connectivity index (χ0v) is 13.7. The Labute approximate surface area is 126 Å². The number of fused-ring (bicyclic) bond motifs is 1. The SMILES string of the molecule is CCOP(=O)(OCC)C(C)C1=NCCNc2ccccc21. The highest BCUT2D eigenvalue weighted by Crippen LogP contribution is 2.54. The van der Waals surface area contributed by atoms with E-state index in [0.29, 0.717) is 19.8 Å². The summed E-state index contributed by atoms with van der Waals surface area (Å²) < 4.78 is 23.9. The summed E-state index contributed by atoms with van der Waals surface area (Å²) in [6.07, 6.45) is 0. The fraction of sp³-hybridized carbons (Fsp3) is 0.533. The van der Waals surface area contributed by atoms with E-state index >= 15 is 0 Å². The molecule has 5 nitrogen and oxygen atoms in total. The second kappa shape index (κ2) is 7.21. The fourth-order valence-corrected chi connectivity index (χ4v) is 4.20. The maximum Gasteiger partial charge on any atom is 0.339 e. The van der Waals surface area contributed by atoms with Gasteiger partial charge in [0.1, 0.15) is 5.66 Å². The topological polar surface area (TPSA) is 59.9 Å². The van der Waals surface area contributed by atoms with E-state index in [1.165, 1.54) is 0 Å². The van der Waals surface area contributed by atoms with E-state index < -0.39 is 13.3 Å². The summed E-state index contributed by atoms with van der Waals surface area (Å²) in [7, 11) is -3.21. The summed E-state index contributed by atoms with van der Waals surface area (Å²) in [6, 6.07) is 7.94. The Morgan fingerprint density at radius 3 is 2.62 bits per heavy atom. The van der Waals surface area contributed by atoms with Gasteiger partial charge in [-0.3, -0.25) is 9.56 Å². The van der Waals surface area contributed by atoms with Crippen LogP contribution in [0, 0.1) is 0 Å². The molecule has 0 spiro atoms. The molecule has 1 aliphatic rings. The van der Waals surface area contributed by atoms with Crippen molar-refractivity contribution in [3.8, 4) is 0 Å². The van der Waals surface area contributed by atoms with Crippen molar-refractivity contribution in [2.75, 3.05) is 31.6 Å². The number of hydrogen-bond acceptors (Lipinski definition) is 5. The van der Waals surface area contributed by atoms with Gasteiger partial charge in [-0.1, -0.05) is 18.2 Å². The van der Waals surface area contributed by atoms with Crippen LogP contribution in [0.2, 0.25) is 0 Å². The van der Waals surface area contributed by atoms with Crippen molar-refractivity contribution in [3.63, 3.8) is 0 Å². The van der Waals surface area contributed by atoms with Gasteiger partial charge in [-0.05, 0) is 26.8 Å². The Hall–Kier alpha value is -1.16. The van der Waals surface area contributed by atoms with Crippen molar-refractivity contribution in [2.45, 2.75) is 26.4 Å². The van der Waals surface area contributed by atoms with Gasteiger partial charge in [0.25, 0.3) is 0 Å². The monoisotopic (exact) mass is 310 g/mol. The molecule has 21 heavy (non-hydrogen) atoms. The van der Waals surface area contributed by atoms with Crippen molar-refractivity contribution in [1.82, 2.24) is 0 Å². The molecule has 116 valence electrons. The second-order valence-corrected chi connectivity index (χ2v) is 7.16. The summed E-state index contributed by atoms with van der Waals surface area (Å²) in [5, 5.41) is 3.34. The number of hydrogen-bond donors (Lipinski definition) is 1. The summed E-state index contributed by atoms with van der Waals surface area (Å²) in [6.45, 7) is 7.63. The van der Waals surface area contributed by atoms with Crippen molar-refractivity contribution >= 4 is 19.0 Å². The van der Waals surface area contributed by atoms with Crippen molar-refractivity contribution in [3.05, 3.63) is 29.8 Å². The van der Waals surface area contributed by atoms with Crippen LogP contribution < -0.4 is 5.32 Å². The first-order valence-corrected chi connectivity index (χ1v) is 9.00. The van der Waals surface area contributed by atoms with Crippen molar-refractivity contribution in [1.29, 1.82) is 0 Å². The highest BCUT2D eigenvalue weighted by Gasteiger charge is 2.37. The molecular weight excluding hydrogens is 287 g/mol. The first-order valence-electron chi connectivity index (χ1n) is 7.38. The first kappa shape index (κ1) is 16.2. The Morgan fingerprint density at radius 2 is 1.95 bits per heavy atom. The second-order valence-electron chi connectivity index (χ2n) is 4.79. The molecule has 6 heteroatoms. The quantitative estimate of drug-likeness (QED) is 0.816. The van der Waals surface area contributed by atoms with E-state index in [4.69, 9.17) is 9.05 Å². The van der Waals surface area contributed by atoms with E-state index in [1.807, 2.05) is 45.0 Å². The molecule has 2 rings (SSSR count). The molecular formula is C15H23N2O3P. The third-order valence-corrected chi connectivity index (χ3v) is 5.83. The van der Waals surface area contributed by atoms with Crippen LogP contribution in [-0.2, 0) is 13.6 Å². The smallest absolute Gasteiger partial charge is 0.339 e. The summed E-state index contributed by atoms with van der Waals surface area (Å²) in [5.41, 5.74) is 2.39. The third kappa shape index (κ3) is 3.54. The van der Waals surface area contributed by atoms with Crippen LogP contribution in [0.1, 0.15) is 26.3 Å². The number of benzodiazepines with no additional fused rings is 1. The molecule has 0 fully saturated rings. The van der Waals surface area contributed by atoms with Crippen molar-refractivity contribution < 1.29 is 13.6 Å². The highest BCUT2D eigenvalue weighted by molar-refractivity contribution is 7.55. The largest absolute Gasteiger partial charge is 0.383 e. The van der Waals surface area contributed by atoms with Crippen LogP contribution in [0.25, 0.3) is 0 Å². The third-order valence-electron chi connectivity index (χ3n) is 3.40. The van der Waals surface area contributed by atoms with Crippen LogP contribution in [0.5, 0.6) is 0 Å². The van der Waals surface area contributed by atoms with Gasteiger partial charge in [0.15, 0.2) is 0 Å². The molecule has 0 aromatic heterocycles. The predicted octanol–water partition coefficient (Wildman–Crippen LogP) is 3.56. The van der Waals surface area contributed by atoms with Crippen LogP contribution in [-0.4, -0.2) is 37.7 Å². The van der Waals surface area contributed by atoms with Crippen LogP contribution in [0.3, 0.4) is 0 Å². The molecule has 1 aliphatic heterocycles. The maximum absolute atomic E-state index is 13.0. The van der Waals surface area contributed by atoms with E-state index in [-0.39, 0.29) is 0 Å². The van der Waals surface area contributed by atoms with Crippen LogP contribution >= 0.6 is 7.60 Å². The van der Waals surface area contributed by atoms with Gasteiger partial charge in [0, 0.05) is 17.8 Å². The van der Waals surface area contributed by atoms with Crippen LogP contribution in [0.4, 0.5) is 5.69 Å². The van der Waals surface area contributed by atoms with Gasteiger partial charge in [0.2, 0.25) is 0 Å². The summed E-state index contributed by atoms with van der Waals surface area (Å²) >= 11 is 0. The molecule has 0 bridgehead atoms. The molecule has 1 aromatic carbocycles. The molecule has 0 saturated carbocycles. The fourth-order valence-electron chi connectivity index (χ4n) is 2.44. The molecule has 1 heterocycles. The van der Waals surface area contributed by atoms with E-state index in [2.05, 4.69) is 10.3 Å². The minimum atomic E-state index is -3.21. The number of nitrogens with zero attached hydrogens (tertiary/aromatic N) is 1. The lowest BCUT2D eigenvalue weighted by Gasteiger charge is -2.25. The average Bonchev–Trinajstić information content (AvgIpc) is 2.69. The standard InChI is InChI=1S/C15H23N2O3P/c1-4-19-21(18,20-5-2)12(3)15-13-8-6-7-9-14(13)16-10-11-17-15/h6-9,12,16H,4-5,10-11H2,1-3H3. The Balaban J connectivity index is 2.39. The van der Waals surface area contributed by atoms with Gasteiger partial charge < -0.3 is 14.4 Å². The number of benzene rings is 1. The first-order chi connectivity index (χ1) is 10.1. The number of para-hydroxylation sites is 1. The zero-order valence-electron chi connectivity index (χ0n) is 12.8. The number of aliphatic imine (C=N–C) groups is 1. The molecule has 0 saturated heterocycles. The lowest BCUT2D eigenvalue weighted by atomic mass is 10.1. The zero-order chi connectivity index (χ0) is 15.3. The van der Waals surface area contributed by atoms with Crippen molar-refractivity contribution in [2.24, 2.45) is 4.99 Å². The van der Waals surface area contributed by atoms with E-state index in [0.717, 1.165) is 23.5 Å². The minimum absolute atomic E-state index is 0.356. The number of anilines is 1. The molecule has 1 aromatic rings. The Bertz CT molecular complexity index is 550. The summed E-state index contributed by atoms with van der Waals surface area (Å²) in [4.78, 5) is 4.62. The molecule has 0 amide bonds. The molecule has 1 N–H and O–H groups in total. The molecule has 1 unspecified atom stereocenters. The number of rotatable bonds is 6. The lowest BCUT2D eigenvalue weighted by Crippen LogP contribution is -2.22. The average molecular weight is 310 g/mol. The van der Waals surface area contributed by atoms with Gasteiger partial charge in [0.05, 0.1) is 25.5 Å². The summed E-state index contributed by atoms with van der Waals surface area (Å²) in [5.74, 6) is 0. The number of nitrogens with one attached hydrogen (secondary N) is 1. The molecule has 0 radical (unpaired) electrons. The van der Waals surface area contributed by atoms with Crippen LogP contribution in [0.15, 0.2) is 29.3 Å². The van der Waals surface area contributed by atoms with Gasteiger partial charge in [-0.2, -0.15) is 0 Å². The molecule has 0 aliphatic carbocycles. The van der Waals surface area contributed by atoms with Gasteiger partial charge in [-0.25, -0.2) is 0 Å². The molecule has 1 atom stereocenters. The van der Waals surface area contributed by atoms with E-state index in [1.54, 1.807) is 0 Å². The van der Waals surface area contributed by atoms with E-state index in [9.17, 15) is 4.57 Å². The normalized spacial score (nSPS) is 16.4. The minimum Gasteiger partial charge on any atom is -0.383 e. The maximum atomic E-state index is 13.0.